The maximum Gasteiger partial charge on any atom is 0.306 e. The van der Waals surface area contributed by atoms with E-state index < -0.39 is 11.9 Å². The van der Waals surface area contributed by atoms with E-state index in [1.165, 1.54) is 5.56 Å². The molecule has 1 aliphatic rings. The number of aryl methyl sites for hydroxylation is 1. The molecule has 40 heavy (non-hydrogen) atoms. The molecule has 2 heterocycles. The summed E-state index contributed by atoms with van der Waals surface area (Å²) in [7, 11) is 0. The van der Waals surface area contributed by atoms with Crippen LogP contribution < -0.4 is 0 Å². The normalized spacial score (nSPS) is 16.0. The Labute approximate surface area is 234 Å². The van der Waals surface area contributed by atoms with E-state index in [-0.39, 0.29) is 11.8 Å². The Hall–Kier alpha value is -4.08. The van der Waals surface area contributed by atoms with E-state index in [0.29, 0.717) is 25.2 Å². The molecule has 1 fully saturated rings. The van der Waals surface area contributed by atoms with E-state index in [1.807, 2.05) is 37.3 Å². The average molecular weight is 541 g/mol. The topological polar surface area (TPSA) is 108 Å². The zero-order valence-electron chi connectivity index (χ0n) is 22.8. The van der Waals surface area contributed by atoms with E-state index in [1.54, 1.807) is 10.7 Å². The summed E-state index contributed by atoms with van der Waals surface area (Å²) in [5, 5.41) is 31.8. The SMILES string of the molecule is CCC(CCn1nnnc1-c1ccc(C(c2cccc(O)c2)N2CCN(Cc3ccccc3)CC2)cc1)C(=O)O. The Morgan fingerprint density at radius 3 is 2.35 bits per heavy atom. The fourth-order valence-electron chi connectivity index (χ4n) is 5.49. The van der Waals surface area contributed by atoms with Gasteiger partial charge in [-0.3, -0.25) is 14.6 Å². The van der Waals surface area contributed by atoms with Crippen molar-refractivity contribution in [1.82, 2.24) is 30.0 Å². The molecule has 0 saturated carbocycles. The monoisotopic (exact) mass is 540 g/mol. The molecule has 0 bridgehead atoms. The third-order valence-corrected chi connectivity index (χ3v) is 7.75. The average Bonchev–Trinajstić information content (AvgIpc) is 3.44. The van der Waals surface area contributed by atoms with Crippen molar-refractivity contribution in [2.24, 2.45) is 5.92 Å². The smallest absolute Gasteiger partial charge is 0.306 e. The summed E-state index contributed by atoms with van der Waals surface area (Å²) in [6.07, 6.45) is 1.04. The van der Waals surface area contributed by atoms with Crippen LogP contribution in [0.5, 0.6) is 5.75 Å². The van der Waals surface area contributed by atoms with Crippen LogP contribution in [0.15, 0.2) is 78.9 Å². The number of aliphatic carboxylic acids is 1. The second kappa shape index (κ2) is 12.8. The first-order chi connectivity index (χ1) is 19.5. The van der Waals surface area contributed by atoms with Crippen molar-refractivity contribution in [2.45, 2.75) is 38.9 Å². The fourth-order valence-corrected chi connectivity index (χ4v) is 5.49. The van der Waals surface area contributed by atoms with Gasteiger partial charge in [0.25, 0.3) is 0 Å². The molecule has 9 nitrogen and oxygen atoms in total. The minimum absolute atomic E-state index is 0.00287. The van der Waals surface area contributed by atoms with Crippen LogP contribution in [0.3, 0.4) is 0 Å². The Morgan fingerprint density at radius 1 is 0.925 bits per heavy atom. The number of benzene rings is 3. The van der Waals surface area contributed by atoms with Crippen molar-refractivity contribution >= 4 is 5.97 Å². The zero-order chi connectivity index (χ0) is 27.9. The number of phenols is 1. The van der Waals surface area contributed by atoms with E-state index in [0.717, 1.165) is 49.4 Å². The van der Waals surface area contributed by atoms with Crippen LogP contribution in [0.25, 0.3) is 11.4 Å². The highest BCUT2D eigenvalue weighted by Crippen LogP contribution is 2.33. The van der Waals surface area contributed by atoms with Gasteiger partial charge in [0.2, 0.25) is 0 Å². The molecule has 0 amide bonds. The van der Waals surface area contributed by atoms with Crippen molar-refractivity contribution < 1.29 is 15.0 Å². The summed E-state index contributed by atoms with van der Waals surface area (Å²) < 4.78 is 1.68. The predicted octanol–water partition coefficient (Wildman–Crippen LogP) is 4.45. The minimum Gasteiger partial charge on any atom is -0.508 e. The number of rotatable bonds is 11. The molecule has 0 radical (unpaired) electrons. The van der Waals surface area contributed by atoms with Crippen molar-refractivity contribution in [3.63, 3.8) is 0 Å². The first-order valence-electron chi connectivity index (χ1n) is 13.9. The molecule has 2 atom stereocenters. The van der Waals surface area contributed by atoms with Crippen LogP contribution in [0.4, 0.5) is 0 Å². The second-order valence-corrected chi connectivity index (χ2v) is 10.4. The number of carboxylic acid groups (broad SMARTS) is 1. The van der Waals surface area contributed by atoms with Gasteiger partial charge in [0.1, 0.15) is 5.75 Å². The van der Waals surface area contributed by atoms with Crippen LogP contribution in [0.2, 0.25) is 0 Å². The molecular weight excluding hydrogens is 504 g/mol. The Balaban J connectivity index is 1.33. The summed E-state index contributed by atoms with van der Waals surface area (Å²) in [6, 6.07) is 26.3. The molecule has 9 heteroatoms. The maximum absolute atomic E-state index is 11.4. The highest BCUT2D eigenvalue weighted by atomic mass is 16.4. The van der Waals surface area contributed by atoms with E-state index >= 15 is 0 Å². The van der Waals surface area contributed by atoms with Gasteiger partial charge >= 0.3 is 5.97 Å². The van der Waals surface area contributed by atoms with Gasteiger partial charge in [-0.25, -0.2) is 4.68 Å². The van der Waals surface area contributed by atoms with Gasteiger partial charge in [-0.15, -0.1) is 5.10 Å². The number of aromatic hydroxyl groups is 1. The standard InChI is InChI=1S/C31H36N6O3/c1-2-24(31(39)40)15-16-37-30(32-33-34-37)26-13-11-25(12-14-26)29(27-9-6-10-28(38)21-27)36-19-17-35(18-20-36)22-23-7-4-3-5-8-23/h3-14,21,24,29,38H,2,15-20,22H2,1H3,(H,39,40). The predicted molar refractivity (Wildman–Crippen MR) is 153 cm³/mol. The highest BCUT2D eigenvalue weighted by molar-refractivity contribution is 5.69. The van der Waals surface area contributed by atoms with Crippen LogP contribution in [-0.4, -0.2) is 72.4 Å². The molecular formula is C31H36N6O3. The summed E-state index contributed by atoms with van der Waals surface area (Å²) >= 11 is 0. The molecule has 4 aromatic rings. The number of nitrogens with zero attached hydrogens (tertiary/aromatic N) is 6. The van der Waals surface area contributed by atoms with E-state index in [4.69, 9.17) is 0 Å². The first-order valence-corrected chi connectivity index (χ1v) is 13.9. The molecule has 1 aliphatic heterocycles. The van der Waals surface area contributed by atoms with Crippen LogP contribution in [-0.2, 0) is 17.9 Å². The van der Waals surface area contributed by atoms with Crippen molar-refractivity contribution in [1.29, 1.82) is 0 Å². The number of phenolic OH excluding ortho intramolecular Hbond substituents is 1. The third-order valence-electron chi connectivity index (χ3n) is 7.75. The lowest BCUT2D eigenvalue weighted by molar-refractivity contribution is -0.142. The van der Waals surface area contributed by atoms with Crippen LogP contribution in [0, 0.1) is 5.92 Å². The lowest BCUT2D eigenvalue weighted by atomic mass is 9.95. The molecule has 0 aliphatic carbocycles. The largest absolute Gasteiger partial charge is 0.508 e. The Bertz CT molecular complexity index is 1380. The van der Waals surface area contributed by atoms with Gasteiger partial charge in [-0.05, 0) is 52.1 Å². The van der Waals surface area contributed by atoms with Gasteiger partial charge in [-0.1, -0.05) is 73.7 Å². The summed E-state index contributed by atoms with van der Waals surface area (Å²) in [6.45, 7) is 7.02. The number of piperazine rings is 1. The van der Waals surface area contributed by atoms with Gasteiger partial charge in [0, 0.05) is 44.8 Å². The highest BCUT2D eigenvalue weighted by Gasteiger charge is 2.27. The van der Waals surface area contributed by atoms with Gasteiger partial charge < -0.3 is 10.2 Å². The van der Waals surface area contributed by atoms with Crippen molar-refractivity contribution in [3.8, 4) is 17.1 Å². The number of carboxylic acids is 1. The zero-order valence-corrected chi connectivity index (χ0v) is 22.8. The maximum atomic E-state index is 11.4. The fraction of sp³-hybridized carbons (Fsp3) is 0.355. The summed E-state index contributed by atoms with van der Waals surface area (Å²) in [5.74, 6) is -0.334. The Morgan fingerprint density at radius 2 is 1.68 bits per heavy atom. The summed E-state index contributed by atoms with van der Waals surface area (Å²) in [5.41, 5.74) is 4.38. The quantitative estimate of drug-likeness (QED) is 0.287. The van der Waals surface area contributed by atoms with E-state index in [2.05, 4.69) is 67.8 Å². The number of hydrogen-bond donors (Lipinski definition) is 2. The molecule has 2 unspecified atom stereocenters. The Kier molecular flexibility index (Phi) is 8.83. The third kappa shape index (κ3) is 6.55. The van der Waals surface area contributed by atoms with Crippen LogP contribution in [0.1, 0.15) is 42.5 Å². The van der Waals surface area contributed by atoms with Gasteiger partial charge in [0.15, 0.2) is 5.82 Å². The summed E-state index contributed by atoms with van der Waals surface area (Å²) in [4.78, 5) is 16.4. The molecule has 2 N–H and O–H groups in total. The first kappa shape index (κ1) is 27.5. The lowest BCUT2D eigenvalue weighted by Crippen LogP contribution is -2.47. The van der Waals surface area contributed by atoms with Crippen LogP contribution >= 0.6 is 0 Å². The molecule has 3 aromatic carbocycles. The molecule has 1 aromatic heterocycles. The van der Waals surface area contributed by atoms with Gasteiger partial charge in [0.05, 0.1) is 12.0 Å². The van der Waals surface area contributed by atoms with Crippen molar-refractivity contribution in [2.75, 3.05) is 26.2 Å². The number of carbonyl (C=O) groups is 1. The molecule has 0 spiro atoms. The van der Waals surface area contributed by atoms with Crippen molar-refractivity contribution in [3.05, 3.63) is 95.6 Å². The van der Waals surface area contributed by atoms with Gasteiger partial charge in [-0.2, -0.15) is 0 Å². The molecule has 1 saturated heterocycles. The molecule has 208 valence electrons. The number of tetrazole rings is 1. The number of hydrogen-bond acceptors (Lipinski definition) is 7. The molecule has 5 rings (SSSR count). The number of aromatic nitrogens is 4. The second-order valence-electron chi connectivity index (χ2n) is 10.4. The lowest BCUT2D eigenvalue weighted by Gasteiger charge is -2.40. The minimum atomic E-state index is -0.791. The van der Waals surface area contributed by atoms with E-state index in [9.17, 15) is 15.0 Å².